The van der Waals surface area contributed by atoms with Gasteiger partial charge < -0.3 is 10.0 Å². The third-order valence-electron chi connectivity index (χ3n) is 3.07. The first kappa shape index (κ1) is 16.2. The summed E-state index contributed by atoms with van der Waals surface area (Å²) in [6.07, 6.45) is 2.30. The van der Waals surface area contributed by atoms with Crippen LogP contribution in [0.1, 0.15) is 50.2 Å². The predicted octanol–water partition coefficient (Wildman–Crippen LogP) is 1.70. The van der Waals surface area contributed by atoms with Crippen LogP contribution in [-0.4, -0.2) is 43.7 Å². The number of hydrogen-bond donors (Lipinski definition) is 1. The zero-order chi connectivity index (χ0) is 15.5. The molecule has 20 heavy (non-hydrogen) atoms. The molecule has 0 aliphatic carbocycles. The Bertz CT molecular complexity index is 500. The minimum absolute atomic E-state index is 0.0648. The lowest BCUT2D eigenvalue weighted by Crippen LogP contribution is -2.46. The first-order valence-electron chi connectivity index (χ1n) is 6.73. The van der Waals surface area contributed by atoms with Crippen molar-refractivity contribution in [3.8, 4) is 0 Å². The molecule has 1 aromatic heterocycles. The molecule has 6 nitrogen and oxygen atoms in total. The molecule has 0 saturated carbocycles. The minimum Gasteiger partial charge on any atom is -0.481 e. The standard InChI is InChI=1S/C14H23N3O3/c1-6-11-10(9-16(5)15-11)13(20)17(14(2,3)4)8-7-12(18)19/h9H,6-8H2,1-5H3,(H,18,19). The van der Waals surface area contributed by atoms with Crippen LogP contribution in [0.25, 0.3) is 0 Å². The molecule has 0 unspecified atom stereocenters. The molecular formula is C14H23N3O3. The van der Waals surface area contributed by atoms with Gasteiger partial charge in [-0.1, -0.05) is 6.92 Å². The number of aromatic nitrogens is 2. The van der Waals surface area contributed by atoms with Crippen LogP contribution in [-0.2, 0) is 18.3 Å². The summed E-state index contributed by atoms with van der Waals surface area (Å²) in [5, 5.41) is 13.1. The largest absolute Gasteiger partial charge is 0.481 e. The van der Waals surface area contributed by atoms with Gasteiger partial charge in [0.25, 0.3) is 5.91 Å². The van der Waals surface area contributed by atoms with Gasteiger partial charge in [-0.2, -0.15) is 5.10 Å². The van der Waals surface area contributed by atoms with Crippen molar-refractivity contribution in [3.05, 3.63) is 17.5 Å². The number of aryl methyl sites for hydroxylation is 2. The van der Waals surface area contributed by atoms with Crippen LogP contribution in [0.2, 0.25) is 0 Å². The van der Waals surface area contributed by atoms with Crippen molar-refractivity contribution in [2.24, 2.45) is 7.05 Å². The van der Waals surface area contributed by atoms with Crippen LogP contribution in [0, 0.1) is 0 Å². The highest BCUT2D eigenvalue weighted by molar-refractivity contribution is 5.95. The van der Waals surface area contributed by atoms with Crippen molar-refractivity contribution in [3.63, 3.8) is 0 Å². The Labute approximate surface area is 119 Å². The number of carbonyl (C=O) groups excluding carboxylic acids is 1. The molecule has 1 heterocycles. The normalized spacial score (nSPS) is 11.4. The summed E-state index contributed by atoms with van der Waals surface area (Å²) in [6, 6.07) is 0. The van der Waals surface area contributed by atoms with Gasteiger partial charge in [0.1, 0.15) is 0 Å². The SMILES string of the molecule is CCc1nn(C)cc1C(=O)N(CCC(=O)O)C(C)(C)C. The first-order chi connectivity index (χ1) is 9.16. The summed E-state index contributed by atoms with van der Waals surface area (Å²) in [7, 11) is 1.77. The molecule has 1 amide bonds. The second-order valence-electron chi connectivity index (χ2n) is 5.79. The third-order valence-corrected chi connectivity index (χ3v) is 3.07. The Morgan fingerprint density at radius 2 is 2.00 bits per heavy atom. The Morgan fingerprint density at radius 1 is 1.40 bits per heavy atom. The molecule has 112 valence electrons. The van der Waals surface area contributed by atoms with E-state index in [4.69, 9.17) is 5.11 Å². The van der Waals surface area contributed by atoms with Crippen LogP contribution in [0.3, 0.4) is 0 Å². The van der Waals surface area contributed by atoms with E-state index in [2.05, 4.69) is 5.10 Å². The quantitative estimate of drug-likeness (QED) is 0.891. The topological polar surface area (TPSA) is 75.4 Å². The van der Waals surface area contributed by atoms with Crippen LogP contribution < -0.4 is 0 Å². The van der Waals surface area contributed by atoms with E-state index in [1.54, 1.807) is 22.8 Å². The fourth-order valence-corrected chi connectivity index (χ4v) is 2.07. The number of carboxylic acids is 1. The van der Waals surface area contributed by atoms with Crippen molar-refractivity contribution in [1.82, 2.24) is 14.7 Å². The molecule has 0 atom stereocenters. The molecule has 1 rings (SSSR count). The molecule has 0 aliphatic rings. The molecule has 6 heteroatoms. The first-order valence-corrected chi connectivity index (χ1v) is 6.73. The summed E-state index contributed by atoms with van der Waals surface area (Å²) >= 11 is 0. The molecule has 0 spiro atoms. The van der Waals surface area contributed by atoms with Gasteiger partial charge >= 0.3 is 5.97 Å². The van der Waals surface area contributed by atoms with Crippen molar-refractivity contribution < 1.29 is 14.7 Å². The van der Waals surface area contributed by atoms with Gasteiger partial charge in [-0.25, -0.2) is 0 Å². The number of carbonyl (C=O) groups is 2. The van der Waals surface area contributed by atoms with Gasteiger partial charge in [0, 0.05) is 25.3 Å². The Kier molecular flexibility index (Phi) is 4.92. The minimum atomic E-state index is -0.908. The zero-order valence-corrected chi connectivity index (χ0v) is 12.8. The third kappa shape index (κ3) is 3.82. The summed E-state index contributed by atoms with van der Waals surface area (Å²) in [5.74, 6) is -1.07. The Balaban J connectivity index is 3.06. The molecule has 1 aromatic rings. The van der Waals surface area contributed by atoms with E-state index < -0.39 is 11.5 Å². The number of rotatable bonds is 5. The molecule has 0 fully saturated rings. The van der Waals surface area contributed by atoms with Crippen LogP contribution >= 0.6 is 0 Å². The van der Waals surface area contributed by atoms with Gasteiger partial charge in [0.2, 0.25) is 0 Å². The second-order valence-corrected chi connectivity index (χ2v) is 5.79. The van der Waals surface area contributed by atoms with E-state index in [1.807, 2.05) is 27.7 Å². The Morgan fingerprint density at radius 3 is 2.45 bits per heavy atom. The van der Waals surface area contributed by atoms with Gasteiger partial charge in [0.15, 0.2) is 0 Å². The van der Waals surface area contributed by atoms with E-state index in [0.29, 0.717) is 12.0 Å². The highest BCUT2D eigenvalue weighted by Crippen LogP contribution is 2.19. The van der Waals surface area contributed by atoms with Crippen molar-refractivity contribution in [2.45, 2.75) is 46.1 Å². The van der Waals surface area contributed by atoms with Crippen molar-refractivity contribution >= 4 is 11.9 Å². The average molecular weight is 281 g/mol. The fourth-order valence-electron chi connectivity index (χ4n) is 2.07. The average Bonchev–Trinajstić information content (AvgIpc) is 2.68. The van der Waals surface area contributed by atoms with E-state index in [1.165, 1.54) is 0 Å². The van der Waals surface area contributed by atoms with Crippen molar-refractivity contribution in [2.75, 3.05) is 6.54 Å². The number of carboxylic acid groups (broad SMARTS) is 1. The van der Waals surface area contributed by atoms with Gasteiger partial charge in [-0.05, 0) is 27.2 Å². The molecule has 0 aliphatic heterocycles. The number of amides is 1. The molecular weight excluding hydrogens is 258 g/mol. The van der Waals surface area contributed by atoms with Crippen molar-refractivity contribution in [1.29, 1.82) is 0 Å². The highest BCUT2D eigenvalue weighted by Gasteiger charge is 2.29. The zero-order valence-electron chi connectivity index (χ0n) is 12.8. The van der Waals surface area contributed by atoms with Gasteiger partial charge in [0.05, 0.1) is 17.7 Å². The maximum atomic E-state index is 12.7. The fraction of sp³-hybridized carbons (Fsp3) is 0.643. The maximum absolute atomic E-state index is 12.7. The number of aliphatic carboxylic acids is 1. The second kappa shape index (κ2) is 6.07. The smallest absolute Gasteiger partial charge is 0.305 e. The maximum Gasteiger partial charge on any atom is 0.305 e. The number of hydrogen-bond acceptors (Lipinski definition) is 3. The lowest BCUT2D eigenvalue weighted by molar-refractivity contribution is -0.137. The summed E-state index contributed by atoms with van der Waals surface area (Å²) in [4.78, 5) is 25.0. The predicted molar refractivity (Wildman–Crippen MR) is 75.6 cm³/mol. The Hall–Kier alpha value is -1.85. The monoisotopic (exact) mass is 281 g/mol. The lowest BCUT2D eigenvalue weighted by Gasteiger charge is -2.35. The van der Waals surface area contributed by atoms with Crippen LogP contribution in [0.5, 0.6) is 0 Å². The molecule has 0 saturated heterocycles. The molecule has 1 N–H and O–H groups in total. The number of nitrogens with zero attached hydrogens (tertiary/aromatic N) is 3. The molecule has 0 bridgehead atoms. The summed E-state index contributed by atoms with van der Waals surface area (Å²) < 4.78 is 1.62. The van der Waals surface area contributed by atoms with Crippen LogP contribution in [0.15, 0.2) is 6.20 Å². The van der Waals surface area contributed by atoms with Crippen LogP contribution in [0.4, 0.5) is 0 Å². The molecule has 0 aromatic carbocycles. The summed E-state index contributed by atoms with van der Waals surface area (Å²) in [5.41, 5.74) is 0.852. The van der Waals surface area contributed by atoms with E-state index in [9.17, 15) is 9.59 Å². The lowest BCUT2D eigenvalue weighted by atomic mass is 10.0. The van der Waals surface area contributed by atoms with E-state index >= 15 is 0 Å². The van der Waals surface area contributed by atoms with Gasteiger partial charge in [-0.3, -0.25) is 14.3 Å². The van der Waals surface area contributed by atoms with E-state index in [-0.39, 0.29) is 18.9 Å². The van der Waals surface area contributed by atoms with E-state index in [0.717, 1.165) is 5.69 Å². The van der Waals surface area contributed by atoms with Gasteiger partial charge in [-0.15, -0.1) is 0 Å². The molecule has 0 radical (unpaired) electrons. The highest BCUT2D eigenvalue weighted by atomic mass is 16.4. The summed E-state index contributed by atoms with van der Waals surface area (Å²) in [6.45, 7) is 7.83.